The summed E-state index contributed by atoms with van der Waals surface area (Å²) in [5, 5.41) is 3.70. The van der Waals surface area contributed by atoms with Crippen LogP contribution in [0.25, 0.3) is 22.2 Å². The molecular weight excluding hydrogens is 414 g/mol. The molecule has 0 radical (unpaired) electrons. The topological polar surface area (TPSA) is 81.2 Å². The predicted molar refractivity (Wildman–Crippen MR) is 126 cm³/mol. The molecule has 1 aliphatic carbocycles. The highest BCUT2D eigenvalue weighted by Gasteiger charge is 2.22. The number of hydrogen-bond donors (Lipinski definition) is 1. The molecule has 1 atom stereocenters. The SMILES string of the molecule is O=C(COC(=O)c1cc(-c2ccncc2)nc2ccccc12)NC1CCCc2ccccc21. The second-order valence-electron chi connectivity index (χ2n) is 8.10. The summed E-state index contributed by atoms with van der Waals surface area (Å²) in [6, 6.07) is 20.9. The molecule has 33 heavy (non-hydrogen) atoms. The van der Waals surface area contributed by atoms with E-state index in [9.17, 15) is 9.59 Å². The number of benzene rings is 2. The Morgan fingerprint density at radius 2 is 1.79 bits per heavy atom. The number of pyridine rings is 2. The van der Waals surface area contributed by atoms with Crippen LogP contribution >= 0.6 is 0 Å². The van der Waals surface area contributed by atoms with Crippen molar-refractivity contribution in [3.8, 4) is 11.3 Å². The quantitative estimate of drug-likeness (QED) is 0.460. The lowest BCUT2D eigenvalue weighted by Crippen LogP contribution is -2.34. The fraction of sp³-hybridized carbons (Fsp3) is 0.185. The number of carbonyl (C=O) groups is 2. The third-order valence-electron chi connectivity index (χ3n) is 5.95. The van der Waals surface area contributed by atoms with E-state index in [-0.39, 0.29) is 18.6 Å². The normalized spacial score (nSPS) is 15.0. The standard InChI is InChI=1S/C27H23N3O3/c31-26(30-23-11-5-7-18-6-1-2-8-20(18)23)17-33-27(32)22-16-25(19-12-14-28-15-13-19)29-24-10-4-3-9-21(22)24/h1-4,6,8-10,12-16,23H,5,7,11,17H2,(H,30,31). The predicted octanol–water partition coefficient (Wildman–Crippen LogP) is 4.65. The molecule has 0 saturated heterocycles. The minimum absolute atomic E-state index is 0.0544. The molecule has 164 valence electrons. The summed E-state index contributed by atoms with van der Waals surface area (Å²) in [7, 11) is 0. The average Bonchev–Trinajstić information content (AvgIpc) is 2.87. The Bertz CT molecular complexity index is 1320. The lowest BCUT2D eigenvalue weighted by molar-refractivity contribution is -0.125. The number of ether oxygens (including phenoxy) is 1. The number of hydrogen-bond acceptors (Lipinski definition) is 5. The first-order valence-electron chi connectivity index (χ1n) is 11.0. The molecule has 0 spiro atoms. The average molecular weight is 437 g/mol. The van der Waals surface area contributed by atoms with Crippen LogP contribution in [0.15, 0.2) is 79.1 Å². The van der Waals surface area contributed by atoms with Crippen LogP contribution in [0, 0.1) is 0 Å². The van der Waals surface area contributed by atoms with Crippen LogP contribution in [-0.2, 0) is 16.0 Å². The van der Waals surface area contributed by atoms with Crippen molar-refractivity contribution in [1.29, 1.82) is 0 Å². The highest BCUT2D eigenvalue weighted by molar-refractivity contribution is 6.05. The first kappa shape index (κ1) is 20.8. The molecule has 1 N–H and O–H groups in total. The van der Waals surface area contributed by atoms with E-state index >= 15 is 0 Å². The number of amides is 1. The number of esters is 1. The van der Waals surface area contributed by atoms with E-state index in [1.54, 1.807) is 18.5 Å². The zero-order valence-corrected chi connectivity index (χ0v) is 18.0. The smallest absolute Gasteiger partial charge is 0.339 e. The van der Waals surface area contributed by atoms with E-state index in [1.807, 2.05) is 48.5 Å². The molecule has 1 aliphatic rings. The summed E-state index contributed by atoms with van der Waals surface area (Å²) in [5.74, 6) is -0.860. The highest BCUT2D eigenvalue weighted by Crippen LogP contribution is 2.29. The molecule has 1 unspecified atom stereocenters. The van der Waals surface area contributed by atoms with Gasteiger partial charge in [-0.2, -0.15) is 0 Å². The van der Waals surface area contributed by atoms with Crippen LogP contribution in [0.1, 0.15) is 40.4 Å². The van der Waals surface area contributed by atoms with Gasteiger partial charge in [0, 0.05) is 23.3 Å². The third kappa shape index (κ3) is 4.46. The zero-order valence-electron chi connectivity index (χ0n) is 18.0. The fourth-order valence-corrected chi connectivity index (χ4v) is 4.36. The van der Waals surface area contributed by atoms with Crippen molar-refractivity contribution in [2.75, 3.05) is 6.61 Å². The van der Waals surface area contributed by atoms with Gasteiger partial charge in [0.05, 0.1) is 22.8 Å². The minimum Gasteiger partial charge on any atom is -0.452 e. The van der Waals surface area contributed by atoms with E-state index in [4.69, 9.17) is 4.74 Å². The van der Waals surface area contributed by atoms with Crippen LogP contribution in [0.5, 0.6) is 0 Å². The number of aromatic nitrogens is 2. The summed E-state index contributed by atoms with van der Waals surface area (Å²) >= 11 is 0. The van der Waals surface area contributed by atoms with Crippen molar-refractivity contribution < 1.29 is 14.3 Å². The molecule has 2 aromatic heterocycles. The number of rotatable bonds is 5. The summed E-state index contributed by atoms with van der Waals surface area (Å²) in [6.45, 7) is -0.335. The lowest BCUT2D eigenvalue weighted by Gasteiger charge is -2.26. The van der Waals surface area contributed by atoms with Gasteiger partial charge >= 0.3 is 5.97 Å². The van der Waals surface area contributed by atoms with E-state index in [0.29, 0.717) is 22.2 Å². The first-order chi connectivity index (χ1) is 16.2. The highest BCUT2D eigenvalue weighted by atomic mass is 16.5. The van der Waals surface area contributed by atoms with Crippen LogP contribution in [-0.4, -0.2) is 28.5 Å². The summed E-state index contributed by atoms with van der Waals surface area (Å²) in [6.07, 6.45) is 6.27. The Labute approximate surface area is 191 Å². The van der Waals surface area contributed by atoms with E-state index < -0.39 is 5.97 Å². The van der Waals surface area contributed by atoms with Gasteiger partial charge in [-0.25, -0.2) is 9.78 Å². The molecule has 2 heterocycles. The van der Waals surface area contributed by atoms with Gasteiger partial charge in [0.25, 0.3) is 5.91 Å². The number of nitrogens with zero attached hydrogens (tertiary/aromatic N) is 2. The fourth-order valence-electron chi connectivity index (χ4n) is 4.36. The monoisotopic (exact) mass is 437 g/mol. The number of nitrogens with one attached hydrogen (secondary N) is 1. The molecule has 0 aliphatic heterocycles. The minimum atomic E-state index is -0.553. The summed E-state index contributed by atoms with van der Waals surface area (Å²) in [4.78, 5) is 34.3. The Hall–Kier alpha value is -4.06. The largest absolute Gasteiger partial charge is 0.452 e. The van der Waals surface area contributed by atoms with Crippen LogP contribution in [0.2, 0.25) is 0 Å². The number of carbonyl (C=O) groups excluding carboxylic acids is 2. The molecule has 6 nitrogen and oxygen atoms in total. The molecule has 0 saturated carbocycles. The maximum atomic E-state index is 13.0. The third-order valence-corrected chi connectivity index (χ3v) is 5.95. The van der Waals surface area contributed by atoms with Gasteiger partial charge in [0.2, 0.25) is 0 Å². The first-order valence-corrected chi connectivity index (χ1v) is 11.0. The van der Waals surface area contributed by atoms with Gasteiger partial charge in [0.15, 0.2) is 6.61 Å². The van der Waals surface area contributed by atoms with Gasteiger partial charge in [-0.15, -0.1) is 0 Å². The summed E-state index contributed by atoms with van der Waals surface area (Å²) in [5.41, 5.74) is 4.96. The van der Waals surface area contributed by atoms with Gasteiger partial charge in [-0.3, -0.25) is 9.78 Å². The Kier molecular flexibility index (Phi) is 5.81. The van der Waals surface area contributed by atoms with Crippen molar-refractivity contribution in [1.82, 2.24) is 15.3 Å². The lowest BCUT2D eigenvalue weighted by atomic mass is 9.88. The van der Waals surface area contributed by atoms with Gasteiger partial charge in [-0.1, -0.05) is 42.5 Å². The van der Waals surface area contributed by atoms with Crippen molar-refractivity contribution in [3.05, 3.63) is 95.8 Å². The molecule has 6 heteroatoms. The molecule has 0 fully saturated rings. The second kappa shape index (κ2) is 9.20. The van der Waals surface area contributed by atoms with Crippen LogP contribution in [0.3, 0.4) is 0 Å². The Balaban J connectivity index is 1.33. The van der Waals surface area contributed by atoms with E-state index in [0.717, 1.165) is 30.4 Å². The number of para-hydroxylation sites is 1. The van der Waals surface area contributed by atoms with Crippen LogP contribution in [0.4, 0.5) is 0 Å². The van der Waals surface area contributed by atoms with E-state index in [2.05, 4.69) is 27.4 Å². The van der Waals surface area contributed by atoms with Gasteiger partial charge in [0.1, 0.15) is 0 Å². The maximum Gasteiger partial charge on any atom is 0.339 e. The molecular formula is C27H23N3O3. The number of aryl methyl sites for hydroxylation is 1. The molecule has 0 bridgehead atoms. The Morgan fingerprint density at radius 1 is 1.00 bits per heavy atom. The molecule has 2 aromatic carbocycles. The van der Waals surface area contributed by atoms with Crippen molar-refractivity contribution in [2.45, 2.75) is 25.3 Å². The molecule has 4 aromatic rings. The second-order valence-corrected chi connectivity index (χ2v) is 8.10. The van der Waals surface area contributed by atoms with E-state index in [1.165, 1.54) is 5.56 Å². The van der Waals surface area contributed by atoms with Gasteiger partial charge in [-0.05, 0) is 54.7 Å². The van der Waals surface area contributed by atoms with Crippen molar-refractivity contribution in [2.24, 2.45) is 0 Å². The summed E-state index contributed by atoms with van der Waals surface area (Å²) < 4.78 is 5.43. The van der Waals surface area contributed by atoms with Crippen molar-refractivity contribution in [3.63, 3.8) is 0 Å². The Morgan fingerprint density at radius 3 is 2.67 bits per heavy atom. The van der Waals surface area contributed by atoms with Crippen molar-refractivity contribution >= 4 is 22.8 Å². The molecule has 1 amide bonds. The van der Waals surface area contributed by atoms with Crippen LogP contribution < -0.4 is 5.32 Å². The molecule has 5 rings (SSSR count). The number of fused-ring (bicyclic) bond motifs is 2. The van der Waals surface area contributed by atoms with Gasteiger partial charge < -0.3 is 10.1 Å². The maximum absolute atomic E-state index is 13.0. The zero-order chi connectivity index (χ0) is 22.6.